The Hall–Kier alpha value is -2.16. The number of hydrogen-bond donors (Lipinski definition) is 2. The maximum atomic E-state index is 11.8. The Morgan fingerprint density at radius 3 is 3.05 bits per heavy atom. The van der Waals surface area contributed by atoms with E-state index in [2.05, 4.69) is 22.1 Å². The van der Waals surface area contributed by atoms with E-state index >= 15 is 0 Å². The number of thiophene rings is 1. The lowest BCUT2D eigenvalue weighted by Crippen LogP contribution is -2.24. The lowest BCUT2D eigenvalue weighted by atomic mass is 10.2. The highest BCUT2D eigenvalue weighted by molar-refractivity contribution is 7.12. The maximum Gasteiger partial charge on any atom is 0.224 e. The molecule has 2 rings (SSSR count). The van der Waals surface area contributed by atoms with E-state index in [1.807, 2.05) is 24.3 Å². The molecule has 2 heterocycles. The zero-order chi connectivity index (χ0) is 14.9. The summed E-state index contributed by atoms with van der Waals surface area (Å²) in [5.41, 5.74) is 0.900. The quantitative estimate of drug-likeness (QED) is 0.827. The average molecular weight is 300 g/mol. The molecule has 0 saturated heterocycles. The zero-order valence-corrected chi connectivity index (χ0v) is 12.3. The predicted octanol–water partition coefficient (Wildman–Crippen LogP) is 1.74. The van der Waals surface area contributed by atoms with Gasteiger partial charge in [0.2, 0.25) is 5.91 Å². The molecule has 4 nitrogen and oxygen atoms in total. The minimum absolute atomic E-state index is 0.0238. The van der Waals surface area contributed by atoms with E-state index in [0.29, 0.717) is 19.4 Å². The third kappa shape index (κ3) is 5.38. The molecule has 0 aliphatic carbocycles. The SMILES string of the molecule is O=C(Cc1cccnc1)NCc1ccc(C#CCCO)s1. The summed E-state index contributed by atoms with van der Waals surface area (Å²) >= 11 is 1.55. The zero-order valence-electron chi connectivity index (χ0n) is 11.5. The number of carbonyl (C=O) groups excluding carboxylic acids is 1. The monoisotopic (exact) mass is 300 g/mol. The van der Waals surface area contributed by atoms with E-state index in [1.165, 1.54) is 0 Å². The Labute approximate surface area is 127 Å². The van der Waals surface area contributed by atoms with Crippen LogP contribution in [-0.4, -0.2) is 22.6 Å². The molecule has 0 aromatic carbocycles. The summed E-state index contributed by atoms with van der Waals surface area (Å²) in [4.78, 5) is 17.8. The number of hydrogen-bond acceptors (Lipinski definition) is 4. The van der Waals surface area contributed by atoms with Gasteiger partial charge in [-0.3, -0.25) is 9.78 Å². The van der Waals surface area contributed by atoms with Crippen LogP contribution >= 0.6 is 11.3 Å². The third-order valence-corrected chi connectivity index (χ3v) is 3.66. The first-order chi connectivity index (χ1) is 10.3. The summed E-state index contributed by atoms with van der Waals surface area (Å²) < 4.78 is 0. The number of pyridine rings is 1. The van der Waals surface area contributed by atoms with Gasteiger partial charge in [0.25, 0.3) is 0 Å². The smallest absolute Gasteiger partial charge is 0.224 e. The summed E-state index contributed by atoms with van der Waals surface area (Å²) in [6.07, 6.45) is 4.20. The van der Waals surface area contributed by atoms with Crippen molar-refractivity contribution in [2.75, 3.05) is 6.61 Å². The number of carbonyl (C=O) groups is 1. The van der Waals surface area contributed by atoms with Crippen LogP contribution in [0, 0.1) is 11.8 Å². The number of aliphatic hydroxyl groups is 1. The molecular weight excluding hydrogens is 284 g/mol. The van der Waals surface area contributed by atoms with Crippen LogP contribution in [0.4, 0.5) is 0 Å². The Bertz CT molecular complexity index is 641. The Morgan fingerprint density at radius 2 is 2.29 bits per heavy atom. The van der Waals surface area contributed by atoms with Crippen molar-refractivity contribution in [3.8, 4) is 11.8 Å². The number of aliphatic hydroxyl groups excluding tert-OH is 1. The first-order valence-electron chi connectivity index (χ1n) is 6.62. The van der Waals surface area contributed by atoms with Crippen LogP contribution in [0.1, 0.15) is 21.7 Å². The Balaban J connectivity index is 1.81. The van der Waals surface area contributed by atoms with E-state index in [0.717, 1.165) is 15.3 Å². The van der Waals surface area contributed by atoms with Gasteiger partial charge < -0.3 is 10.4 Å². The van der Waals surface area contributed by atoms with Crippen LogP contribution in [0.2, 0.25) is 0 Å². The van der Waals surface area contributed by atoms with Gasteiger partial charge in [-0.05, 0) is 23.8 Å². The van der Waals surface area contributed by atoms with Gasteiger partial charge in [-0.25, -0.2) is 0 Å². The van der Waals surface area contributed by atoms with Crippen molar-refractivity contribution in [3.05, 3.63) is 52.0 Å². The van der Waals surface area contributed by atoms with Gasteiger partial charge in [0, 0.05) is 23.7 Å². The van der Waals surface area contributed by atoms with E-state index in [1.54, 1.807) is 23.7 Å². The van der Waals surface area contributed by atoms with Crippen LogP contribution in [0.5, 0.6) is 0 Å². The van der Waals surface area contributed by atoms with Crippen LogP contribution in [-0.2, 0) is 17.8 Å². The van der Waals surface area contributed by atoms with Crippen molar-refractivity contribution in [1.82, 2.24) is 10.3 Å². The molecule has 1 amide bonds. The van der Waals surface area contributed by atoms with Gasteiger partial charge in [0.1, 0.15) is 0 Å². The number of amides is 1. The summed E-state index contributed by atoms with van der Waals surface area (Å²) in [5.74, 6) is 5.84. The normalized spacial score (nSPS) is 9.76. The van der Waals surface area contributed by atoms with Gasteiger partial charge in [-0.1, -0.05) is 17.9 Å². The van der Waals surface area contributed by atoms with Crippen molar-refractivity contribution < 1.29 is 9.90 Å². The highest BCUT2D eigenvalue weighted by Crippen LogP contribution is 2.15. The number of aromatic nitrogens is 1. The molecule has 0 saturated carbocycles. The summed E-state index contributed by atoms with van der Waals surface area (Å²) in [5, 5.41) is 11.5. The highest BCUT2D eigenvalue weighted by atomic mass is 32.1. The number of nitrogens with zero attached hydrogens (tertiary/aromatic N) is 1. The second-order valence-electron chi connectivity index (χ2n) is 4.36. The van der Waals surface area contributed by atoms with E-state index in [9.17, 15) is 4.79 Å². The largest absolute Gasteiger partial charge is 0.395 e. The van der Waals surface area contributed by atoms with Crippen molar-refractivity contribution in [1.29, 1.82) is 0 Å². The molecule has 0 fully saturated rings. The number of nitrogens with one attached hydrogen (secondary N) is 1. The molecule has 0 atom stereocenters. The first kappa shape index (κ1) is 15.2. The minimum Gasteiger partial charge on any atom is -0.395 e. The van der Waals surface area contributed by atoms with Crippen molar-refractivity contribution in [3.63, 3.8) is 0 Å². The topological polar surface area (TPSA) is 62.2 Å². The molecule has 0 aliphatic heterocycles. The minimum atomic E-state index is -0.0238. The molecule has 0 unspecified atom stereocenters. The van der Waals surface area contributed by atoms with Gasteiger partial charge in [-0.2, -0.15) is 0 Å². The molecule has 2 aromatic rings. The molecule has 21 heavy (non-hydrogen) atoms. The molecule has 0 spiro atoms. The van der Waals surface area contributed by atoms with Crippen LogP contribution in [0.25, 0.3) is 0 Å². The maximum absolute atomic E-state index is 11.8. The molecule has 108 valence electrons. The molecule has 0 radical (unpaired) electrons. The lowest BCUT2D eigenvalue weighted by Gasteiger charge is -2.03. The summed E-state index contributed by atoms with van der Waals surface area (Å²) in [6.45, 7) is 0.584. The van der Waals surface area contributed by atoms with Crippen LogP contribution < -0.4 is 5.32 Å². The molecular formula is C16H16N2O2S. The molecule has 0 aliphatic rings. The molecule has 5 heteroatoms. The molecule has 2 aromatic heterocycles. The fourth-order valence-corrected chi connectivity index (χ4v) is 2.50. The molecule has 2 N–H and O–H groups in total. The van der Waals surface area contributed by atoms with Crippen molar-refractivity contribution >= 4 is 17.2 Å². The van der Waals surface area contributed by atoms with E-state index < -0.39 is 0 Å². The van der Waals surface area contributed by atoms with Gasteiger partial charge >= 0.3 is 0 Å². The fourth-order valence-electron chi connectivity index (χ4n) is 1.68. The van der Waals surface area contributed by atoms with Crippen LogP contribution in [0.15, 0.2) is 36.7 Å². The van der Waals surface area contributed by atoms with E-state index in [-0.39, 0.29) is 12.5 Å². The lowest BCUT2D eigenvalue weighted by molar-refractivity contribution is -0.120. The number of rotatable bonds is 5. The van der Waals surface area contributed by atoms with E-state index in [4.69, 9.17) is 5.11 Å². The second kappa shape index (κ2) is 8.20. The van der Waals surface area contributed by atoms with Crippen molar-refractivity contribution in [2.24, 2.45) is 0 Å². The van der Waals surface area contributed by atoms with Gasteiger partial charge in [0.15, 0.2) is 0 Å². The van der Waals surface area contributed by atoms with Crippen LogP contribution in [0.3, 0.4) is 0 Å². The Kier molecular flexibility index (Phi) is 5.95. The summed E-state index contributed by atoms with van der Waals surface area (Å²) in [6, 6.07) is 7.58. The summed E-state index contributed by atoms with van der Waals surface area (Å²) in [7, 11) is 0. The van der Waals surface area contributed by atoms with Gasteiger partial charge in [0.05, 0.1) is 24.4 Å². The average Bonchev–Trinajstić information content (AvgIpc) is 2.94. The third-order valence-electron chi connectivity index (χ3n) is 2.66. The fraction of sp³-hybridized carbons (Fsp3) is 0.250. The highest BCUT2D eigenvalue weighted by Gasteiger charge is 2.04. The van der Waals surface area contributed by atoms with Gasteiger partial charge in [-0.15, -0.1) is 11.3 Å². The first-order valence-corrected chi connectivity index (χ1v) is 7.43. The standard InChI is InChI=1S/C16H16N2O2S/c19-9-2-1-5-14-6-7-15(21-14)12-18-16(20)10-13-4-3-8-17-11-13/h3-4,6-8,11,19H,2,9-10,12H2,(H,18,20). The predicted molar refractivity (Wildman–Crippen MR) is 82.7 cm³/mol. The van der Waals surface area contributed by atoms with Crippen molar-refractivity contribution in [2.45, 2.75) is 19.4 Å². The molecule has 0 bridgehead atoms. The Morgan fingerprint density at radius 1 is 1.38 bits per heavy atom. The second-order valence-corrected chi connectivity index (χ2v) is 5.52.